The second-order valence-electron chi connectivity index (χ2n) is 4.98. The lowest BCUT2D eigenvalue weighted by Crippen LogP contribution is -2.25. The van der Waals surface area contributed by atoms with Gasteiger partial charge in [-0.05, 0) is 49.4 Å². The van der Waals surface area contributed by atoms with E-state index in [0.29, 0.717) is 12.6 Å². The first-order valence-electron chi connectivity index (χ1n) is 7.28. The molecule has 2 heteroatoms. The molecule has 0 saturated carbocycles. The molecule has 19 heavy (non-hydrogen) atoms. The van der Waals surface area contributed by atoms with Crippen LogP contribution in [0.15, 0.2) is 18.2 Å². The number of fused-ring (bicyclic) bond motifs is 1. The van der Waals surface area contributed by atoms with E-state index in [1.54, 1.807) is 0 Å². The van der Waals surface area contributed by atoms with Crippen LogP contribution in [-0.4, -0.2) is 13.2 Å². The molecule has 1 aromatic carbocycles. The van der Waals surface area contributed by atoms with Gasteiger partial charge < -0.3 is 10.1 Å². The van der Waals surface area contributed by atoms with Crippen molar-refractivity contribution >= 4 is 0 Å². The van der Waals surface area contributed by atoms with E-state index in [1.165, 1.54) is 24.0 Å². The first-order valence-corrected chi connectivity index (χ1v) is 7.28. The van der Waals surface area contributed by atoms with Crippen LogP contribution >= 0.6 is 0 Å². The van der Waals surface area contributed by atoms with Crippen molar-refractivity contribution in [1.29, 1.82) is 0 Å². The molecule has 0 bridgehead atoms. The minimum Gasteiger partial charge on any atom is -0.493 e. The fourth-order valence-corrected chi connectivity index (χ4v) is 2.77. The largest absolute Gasteiger partial charge is 0.493 e. The van der Waals surface area contributed by atoms with Crippen molar-refractivity contribution < 1.29 is 4.74 Å². The fraction of sp³-hybridized carbons (Fsp3) is 0.529. The van der Waals surface area contributed by atoms with Crippen molar-refractivity contribution in [1.82, 2.24) is 5.32 Å². The predicted molar refractivity (Wildman–Crippen MR) is 79.4 cm³/mol. The Balaban J connectivity index is 2.09. The monoisotopic (exact) mass is 257 g/mol. The molecule has 1 aliphatic rings. The zero-order valence-electron chi connectivity index (χ0n) is 11.7. The lowest BCUT2D eigenvalue weighted by atomic mass is 9.87. The average Bonchev–Trinajstić information content (AvgIpc) is 2.44. The summed E-state index contributed by atoms with van der Waals surface area (Å²) in [6, 6.07) is 6.91. The van der Waals surface area contributed by atoms with Crippen molar-refractivity contribution in [2.45, 2.75) is 45.1 Å². The minimum atomic E-state index is 0.489. The van der Waals surface area contributed by atoms with Crippen LogP contribution in [0.5, 0.6) is 5.75 Å². The van der Waals surface area contributed by atoms with Crippen LogP contribution < -0.4 is 10.1 Å². The molecule has 0 aliphatic heterocycles. The Kier molecular flexibility index (Phi) is 5.30. The van der Waals surface area contributed by atoms with Crippen LogP contribution in [0, 0.1) is 12.3 Å². The van der Waals surface area contributed by atoms with Crippen molar-refractivity contribution in [2.75, 3.05) is 13.2 Å². The zero-order valence-corrected chi connectivity index (χ0v) is 11.7. The molecule has 1 unspecified atom stereocenters. The maximum absolute atomic E-state index is 5.91. The third-order valence-electron chi connectivity index (χ3n) is 3.64. The van der Waals surface area contributed by atoms with Crippen LogP contribution in [0.1, 0.15) is 49.8 Å². The number of unbranched alkanes of at least 4 members (excludes halogenated alkanes) is 1. The van der Waals surface area contributed by atoms with Gasteiger partial charge in [-0.15, -0.1) is 12.3 Å². The molecule has 0 saturated heterocycles. The quantitative estimate of drug-likeness (QED) is 0.622. The SMILES string of the molecule is C#CCCCOc1cccc2c1CCCC2NCC. The Bertz CT molecular complexity index is 447. The first-order chi connectivity index (χ1) is 9.36. The molecule has 1 N–H and O–H groups in total. The summed E-state index contributed by atoms with van der Waals surface area (Å²) < 4.78 is 5.91. The lowest BCUT2D eigenvalue weighted by Gasteiger charge is -2.27. The topological polar surface area (TPSA) is 21.3 Å². The van der Waals surface area contributed by atoms with E-state index in [0.717, 1.165) is 31.6 Å². The highest BCUT2D eigenvalue weighted by Gasteiger charge is 2.21. The maximum atomic E-state index is 5.91. The predicted octanol–water partition coefficient (Wildman–Crippen LogP) is 3.47. The molecule has 1 aromatic rings. The average molecular weight is 257 g/mol. The Morgan fingerprint density at radius 3 is 3.16 bits per heavy atom. The summed E-state index contributed by atoms with van der Waals surface area (Å²) in [4.78, 5) is 0. The van der Waals surface area contributed by atoms with Crippen LogP contribution in [0.25, 0.3) is 0 Å². The van der Waals surface area contributed by atoms with Crippen LogP contribution in [0.3, 0.4) is 0 Å². The van der Waals surface area contributed by atoms with E-state index in [2.05, 4.69) is 36.4 Å². The zero-order chi connectivity index (χ0) is 13.5. The highest BCUT2D eigenvalue weighted by Crippen LogP contribution is 2.35. The summed E-state index contributed by atoms with van der Waals surface area (Å²) >= 11 is 0. The number of hydrogen-bond acceptors (Lipinski definition) is 2. The summed E-state index contributed by atoms with van der Waals surface area (Å²) in [6.45, 7) is 3.89. The number of terminal acetylenes is 1. The molecule has 0 amide bonds. The first kappa shape index (κ1) is 14.0. The normalized spacial score (nSPS) is 17.6. The molecule has 102 valence electrons. The maximum Gasteiger partial charge on any atom is 0.122 e. The van der Waals surface area contributed by atoms with Crippen LogP contribution in [0.2, 0.25) is 0 Å². The highest BCUT2D eigenvalue weighted by molar-refractivity contribution is 5.43. The van der Waals surface area contributed by atoms with Gasteiger partial charge in [0.25, 0.3) is 0 Å². The summed E-state index contributed by atoms with van der Waals surface area (Å²) in [6.07, 6.45) is 10.6. The number of benzene rings is 1. The third-order valence-corrected chi connectivity index (χ3v) is 3.64. The highest BCUT2D eigenvalue weighted by atomic mass is 16.5. The number of ether oxygens (including phenoxy) is 1. The third kappa shape index (κ3) is 3.52. The standard InChI is InChI=1S/C17H23NO/c1-3-5-6-13-19-17-12-8-9-14-15(17)10-7-11-16(14)18-4-2/h1,8-9,12,16,18H,4-7,10-11,13H2,2H3. The molecule has 0 aromatic heterocycles. The number of nitrogens with one attached hydrogen (secondary N) is 1. The van der Waals surface area contributed by atoms with E-state index in [9.17, 15) is 0 Å². The van der Waals surface area contributed by atoms with Gasteiger partial charge in [-0.25, -0.2) is 0 Å². The Morgan fingerprint density at radius 1 is 1.47 bits per heavy atom. The van der Waals surface area contributed by atoms with Crippen molar-refractivity contribution in [3.05, 3.63) is 29.3 Å². The molecule has 2 rings (SSSR count). The van der Waals surface area contributed by atoms with E-state index < -0.39 is 0 Å². The summed E-state index contributed by atoms with van der Waals surface area (Å²) in [5.41, 5.74) is 2.81. The van der Waals surface area contributed by atoms with E-state index in [4.69, 9.17) is 11.2 Å². The smallest absolute Gasteiger partial charge is 0.122 e. The number of hydrogen-bond donors (Lipinski definition) is 1. The molecule has 0 radical (unpaired) electrons. The molecule has 0 heterocycles. The Morgan fingerprint density at radius 2 is 2.37 bits per heavy atom. The Hall–Kier alpha value is -1.46. The van der Waals surface area contributed by atoms with Gasteiger partial charge in [0.05, 0.1) is 6.61 Å². The van der Waals surface area contributed by atoms with E-state index >= 15 is 0 Å². The summed E-state index contributed by atoms with van der Waals surface area (Å²) in [5.74, 6) is 3.70. The van der Waals surface area contributed by atoms with E-state index in [-0.39, 0.29) is 0 Å². The van der Waals surface area contributed by atoms with Gasteiger partial charge in [0.2, 0.25) is 0 Å². The fourth-order valence-electron chi connectivity index (χ4n) is 2.77. The summed E-state index contributed by atoms with van der Waals surface area (Å²) in [7, 11) is 0. The van der Waals surface area contributed by atoms with Gasteiger partial charge in [0.15, 0.2) is 0 Å². The summed E-state index contributed by atoms with van der Waals surface area (Å²) in [5, 5.41) is 3.56. The van der Waals surface area contributed by atoms with Crippen LogP contribution in [0.4, 0.5) is 0 Å². The van der Waals surface area contributed by atoms with Gasteiger partial charge in [-0.3, -0.25) is 0 Å². The molecule has 1 atom stereocenters. The van der Waals surface area contributed by atoms with E-state index in [1.807, 2.05) is 0 Å². The van der Waals surface area contributed by atoms with Crippen LogP contribution in [-0.2, 0) is 6.42 Å². The van der Waals surface area contributed by atoms with Gasteiger partial charge >= 0.3 is 0 Å². The van der Waals surface area contributed by atoms with Gasteiger partial charge in [0, 0.05) is 12.5 Å². The second-order valence-corrected chi connectivity index (χ2v) is 4.98. The number of rotatable bonds is 6. The van der Waals surface area contributed by atoms with Crippen molar-refractivity contribution in [3.8, 4) is 18.1 Å². The molecular weight excluding hydrogens is 234 g/mol. The molecular formula is C17H23NO. The minimum absolute atomic E-state index is 0.489. The second kappa shape index (κ2) is 7.21. The van der Waals surface area contributed by atoms with Gasteiger partial charge in [0.1, 0.15) is 5.75 Å². The van der Waals surface area contributed by atoms with Crippen molar-refractivity contribution in [2.24, 2.45) is 0 Å². The lowest BCUT2D eigenvalue weighted by molar-refractivity contribution is 0.306. The molecule has 0 spiro atoms. The Labute approximate surface area is 116 Å². The van der Waals surface area contributed by atoms with Gasteiger partial charge in [-0.1, -0.05) is 19.1 Å². The van der Waals surface area contributed by atoms with Crippen molar-refractivity contribution in [3.63, 3.8) is 0 Å². The van der Waals surface area contributed by atoms with Gasteiger partial charge in [-0.2, -0.15) is 0 Å². The molecule has 2 nitrogen and oxygen atoms in total. The molecule has 1 aliphatic carbocycles. The molecule has 0 fully saturated rings.